The summed E-state index contributed by atoms with van der Waals surface area (Å²) >= 11 is 0. The zero-order valence-electron chi connectivity index (χ0n) is 12.0. The van der Waals surface area contributed by atoms with Crippen LogP contribution in [0.3, 0.4) is 0 Å². The van der Waals surface area contributed by atoms with Crippen LogP contribution in [0.15, 0.2) is 0 Å². The molecule has 2 unspecified atom stereocenters. The molecule has 1 heterocycles. The Balaban J connectivity index is 2.42. The Hall–Kier alpha value is -0.0800. The van der Waals surface area contributed by atoms with E-state index in [1.54, 1.807) is 0 Å². The van der Waals surface area contributed by atoms with Gasteiger partial charge >= 0.3 is 0 Å². The molecule has 0 aromatic rings. The fourth-order valence-corrected chi connectivity index (χ4v) is 2.45. The number of nitrogens with one attached hydrogen (secondary N) is 1. The third-order valence-corrected chi connectivity index (χ3v) is 3.53. The molecule has 0 amide bonds. The van der Waals surface area contributed by atoms with Gasteiger partial charge in [-0.15, -0.1) is 0 Å². The van der Waals surface area contributed by atoms with Crippen LogP contribution in [-0.4, -0.2) is 37.6 Å². The molecule has 16 heavy (non-hydrogen) atoms. The molecule has 2 atom stereocenters. The SMILES string of the molecule is CC(C)C1CC(NCC(C)(C)C)CN(C)C1. The summed E-state index contributed by atoms with van der Waals surface area (Å²) in [5.41, 5.74) is 0.392. The zero-order valence-corrected chi connectivity index (χ0v) is 12.0. The molecular formula is C14H30N2. The molecule has 0 aliphatic carbocycles. The van der Waals surface area contributed by atoms with Gasteiger partial charge in [0.1, 0.15) is 0 Å². The first kappa shape index (κ1) is 14.0. The summed E-state index contributed by atoms with van der Waals surface area (Å²) in [6, 6.07) is 0.686. The molecule has 0 aromatic carbocycles. The van der Waals surface area contributed by atoms with E-state index in [4.69, 9.17) is 0 Å². The smallest absolute Gasteiger partial charge is 0.0198 e. The Kier molecular flexibility index (Phi) is 4.81. The first-order valence-corrected chi connectivity index (χ1v) is 6.70. The van der Waals surface area contributed by atoms with E-state index in [-0.39, 0.29) is 0 Å². The highest BCUT2D eigenvalue weighted by Crippen LogP contribution is 2.23. The zero-order chi connectivity index (χ0) is 12.3. The average molecular weight is 226 g/mol. The van der Waals surface area contributed by atoms with Gasteiger partial charge in [-0.05, 0) is 30.7 Å². The predicted octanol–water partition coefficient (Wildman–Crippen LogP) is 2.60. The van der Waals surface area contributed by atoms with E-state index >= 15 is 0 Å². The monoisotopic (exact) mass is 226 g/mol. The molecule has 0 spiro atoms. The molecule has 1 saturated heterocycles. The normalized spacial score (nSPS) is 28.7. The van der Waals surface area contributed by atoms with Crippen LogP contribution in [0.5, 0.6) is 0 Å². The number of hydrogen-bond acceptors (Lipinski definition) is 2. The van der Waals surface area contributed by atoms with Gasteiger partial charge in [-0.3, -0.25) is 0 Å². The second-order valence-electron chi connectivity index (χ2n) is 7.10. The summed E-state index contributed by atoms with van der Waals surface area (Å²) in [5.74, 6) is 1.66. The number of piperidine rings is 1. The van der Waals surface area contributed by atoms with E-state index in [0.29, 0.717) is 11.5 Å². The number of likely N-dealkylation sites (tertiary alicyclic amines) is 1. The molecule has 1 rings (SSSR count). The molecule has 2 nitrogen and oxygen atoms in total. The van der Waals surface area contributed by atoms with Crippen molar-refractivity contribution < 1.29 is 0 Å². The molecule has 2 heteroatoms. The summed E-state index contributed by atoms with van der Waals surface area (Å²) < 4.78 is 0. The Morgan fingerprint density at radius 2 is 1.88 bits per heavy atom. The fourth-order valence-electron chi connectivity index (χ4n) is 2.45. The summed E-state index contributed by atoms with van der Waals surface area (Å²) in [5, 5.41) is 3.74. The number of rotatable bonds is 3. The van der Waals surface area contributed by atoms with Crippen molar-refractivity contribution in [2.24, 2.45) is 17.3 Å². The first-order chi connectivity index (χ1) is 7.28. The maximum Gasteiger partial charge on any atom is 0.0198 e. The van der Waals surface area contributed by atoms with E-state index in [1.807, 2.05) is 0 Å². The summed E-state index contributed by atoms with van der Waals surface area (Å²) in [6.07, 6.45) is 1.35. The Morgan fingerprint density at radius 3 is 2.38 bits per heavy atom. The third-order valence-electron chi connectivity index (χ3n) is 3.53. The molecule has 0 bridgehead atoms. The second-order valence-corrected chi connectivity index (χ2v) is 7.10. The lowest BCUT2D eigenvalue weighted by Gasteiger charge is -2.39. The van der Waals surface area contributed by atoms with Crippen LogP contribution in [0.25, 0.3) is 0 Å². The lowest BCUT2D eigenvalue weighted by atomic mass is 9.85. The topological polar surface area (TPSA) is 15.3 Å². The molecule has 0 saturated carbocycles. The van der Waals surface area contributed by atoms with Crippen LogP contribution in [0.2, 0.25) is 0 Å². The van der Waals surface area contributed by atoms with Crippen LogP contribution in [0.1, 0.15) is 41.0 Å². The van der Waals surface area contributed by atoms with Crippen molar-refractivity contribution in [1.82, 2.24) is 10.2 Å². The molecule has 0 aromatic heterocycles. The van der Waals surface area contributed by atoms with E-state index in [0.717, 1.165) is 18.4 Å². The maximum atomic E-state index is 3.74. The van der Waals surface area contributed by atoms with Crippen molar-refractivity contribution in [3.63, 3.8) is 0 Å². The van der Waals surface area contributed by atoms with Crippen molar-refractivity contribution >= 4 is 0 Å². The van der Waals surface area contributed by atoms with Gasteiger partial charge in [-0.25, -0.2) is 0 Å². The molecule has 1 fully saturated rings. The minimum Gasteiger partial charge on any atom is -0.312 e. The molecule has 1 aliphatic rings. The summed E-state index contributed by atoms with van der Waals surface area (Å²) in [4.78, 5) is 2.48. The predicted molar refractivity (Wildman–Crippen MR) is 71.7 cm³/mol. The minimum atomic E-state index is 0.392. The van der Waals surface area contributed by atoms with Crippen LogP contribution in [0.4, 0.5) is 0 Å². The second kappa shape index (κ2) is 5.50. The molecule has 1 N–H and O–H groups in total. The van der Waals surface area contributed by atoms with Crippen LogP contribution < -0.4 is 5.32 Å². The van der Waals surface area contributed by atoms with Gasteiger partial charge in [0.2, 0.25) is 0 Å². The van der Waals surface area contributed by atoms with Gasteiger partial charge in [-0.1, -0.05) is 34.6 Å². The summed E-state index contributed by atoms with van der Waals surface area (Å²) in [7, 11) is 2.25. The van der Waals surface area contributed by atoms with Gasteiger partial charge in [0, 0.05) is 25.7 Å². The van der Waals surface area contributed by atoms with E-state index in [2.05, 4.69) is 51.9 Å². The highest BCUT2D eigenvalue weighted by molar-refractivity contribution is 4.84. The van der Waals surface area contributed by atoms with Gasteiger partial charge in [0.25, 0.3) is 0 Å². The molecule has 0 radical (unpaired) electrons. The standard InChI is InChI=1S/C14H30N2/c1-11(2)12-7-13(9-16(6)8-12)15-10-14(3,4)5/h11-13,15H,7-10H2,1-6H3. The summed E-state index contributed by atoms with van der Waals surface area (Å²) in [6.45, 7) is 15.2. The number of hydrogen-bond donors (Lipinski definition) is 1. The van der Waals surface area contributed by atoms with Gasteiger partial charge in [-0.2, -0.15) is 0 Å². The first-order valence-electron chi connectivity index (χ1n) is 6.70. The van der Waals surface area contributed by atoms with Gasteiger partial charge in [0.05, 0.1) is 0 Å². The maximum absolute atomic E-state index is 3.74. The van der Waals surface area contributed by atoms with E-state index in [9.17, 15) is 0 Å². The quantitative estimate of drug-likeness (QED) is 0.796. The average Bonchev–Trinajstić information content (AvgIpc) is 2.13. The Labute approximate surface area is 102 Å². The molecular weight excluding hydrogens is 196 g/mol. The van der Waals surface area contributed by atoms with Crippen molar-refractivity contribution in [2.75, 3.05) is 26.7 Å². The van der Waals surface area contributed by atoms with Crippen LogP contribution in [0, 0.1) is 17.3 Å². The minimum absolute atomic E-state index is 0.392. The Morgan fingerprint density at radius 1 is 1.25 bits per heavy atom. The van der Waals surface area contributed by atoms with Crippen molar-refractivity contribution in [2.45, 2.75) is 47.1 Å². The van der Waals surface area contributed by atoms with E-state index in [1.165, 1.54) is 19.5 Å². The van der Waals surface area contributed by atoms with Crippen molar-refractivity contribution in [3.05, 3.63) is 0 Å². The van der Waals surface area contributed by atoms with Crippen LogP contribution >= 0.6 is 0 Å². The Bertz CT molecular complexity index is 205. The van der Waals surface area contributed by atoms with Crippen molar-refractivity contribution in [3.8, 4) is 0 Å². The largest absolute Gasteiger partial charge is 0.312 e. The number of nitrogens with zero attached hydrogens (tertiary/aromatic N) is 1. The van der Waals surface area contributed by atoms with Gasteiger partial charge in [0.15, 0.2) is 0 Å². The number of likely N-dealkylation sites (N-methyl/N-ethyl adjacent to an activating group) is 1. The molecule has 96 valence electrons. The van der Waals surface area contributed by atoms with Gasteiger partial charge < -0.3 is 10.2 Å². The lowest BCUT2D eigenvalue weighted by Crippen LogP contribution is -2.50. The third kappa shape index (κ3) is 4.84. The lowest BCUT2D eigenvalue weighted by molar-refractivity contribution is 0.134. The molecule has 1 aliphatic heterocycles. The highest BCUT2D eigenvalue weighted by Gasteiger charge is 2.27. The van der Waals surface area contributed by atoms with E-state index < -0.39 is 0 Å². The van der Waals surface area contributed by atoms with Crippen molar-refractivity contribution in [1.29, 1.82) is 0 Å². The van der Waals surface area contributed by atoms with Crippen LogP contribution in [-0.2, 0) is 0 Å². The highest BCUT2D eigenvalue weighted by atomic mass is 15.1. The fraction of sp³-hybridized carbons (Fsp3) is 1.00.